The normalized spacial score (nSPS) is 9.52. The molecule has 7 rings (SSSR count). The SMILES string of the molecule is CC#N.CC#N.CC(=[N-])N(C)CCCc1c2ccccc2nc2ccccc12.CCCCNc1cccc2nc3ccccc3cc12.ClI(Cl)c1ccccc1.[Cl-].[Cl-].[Cl][Pt].[Cl][Pt]([Cl])[Cl].[Cl][Pt]([Cl])[Cl].[NH-]CCC[NH-].[NH-]CCC[NH-].[NH-]CCC[NH-]. The average Bonchev–Trinajstić information content (AvgIpc) is 3.54. The molecule has 0 aliphatic heterocycles. The molecule has 13 nitrogen and oxygen atoms in total. The first kappa shape index (κ1) is 93.6. The minimum Gasteiger partial charge on any atom is -0.677 e. The van der Waals surface area contributed by atoms with E-state index in [1.807, 2.05) is 60.5 Å². The summed E-state index contributed by atoms with van der Waals surface area (Å²) in [6.45, 7) is 11.1. The molecule has 0 amide bonds. The summed E-state index contributed by atoms with van der Waals surface area (Å²) >= 11 is -3.83. The third-order valence-corrected chi connectivity index (χ3v) is 13.4. The van der Waals surface area contributed by atoms with Crippen LogP contribution in [0.3, 0.4) is 0 Å². The quantitative estimate of drug-likeness (QED) is 0.0343. The Bertz CT molecular complexity index is 2590. The van der Waals surface area contributed by atoms with E-state index in [0.29, 0.717) is 45.1 Å². The number of para-hydroxylation sites is 3. The fourth-order valence-electron chi connectivity index (χ4n) is 5.98. The van der Waals surface area contributed by atoms with Crippen LogP contribution < -0.4 is 30.1 Å². The second-order valence-electron chi connectivity index (χ2n) is 15.3. The fourth-order valence-corrected chi connectivity index (χ4v) is 8.22. The minimum absolute atomic E-state index is 0. The van der Waals surface area contributed by atoms with Crippen LogP contribution in [0, 0.1) is 26.2 Å². The first-order chi connectivity index (χ1) is 38.9. The van der Waals surface area contributed by atoms with Gasteiger partial charge in [-0.1, -0.05) is 113 Å². The number of anilines is 1. The number of rotatable bonds is 15. The van der Waals surface area contributed by atoms with Crippen molar-refractivity contribution < 1.29 is 72.0 Å². The van der Waals surface area contributed by atoms with Crippen LogP contribution in [-0.4, -0.2) is 80.1 Å². The zero-order valence-corrected chi connectivity index (χ0v) is 63.7. The van der Waals surface area contributed by atoms with Crippen molar-refractivity contribution in [1.82, 2.24) is 14.9 Å². The predicted octanol–water partition coefficient (Wildman–Crippen LogP) is 16.8. The number of aryl methyl sites for hydroxylation is 1. The molecule has 83 heavy (non-hydrogen) atoms. The van der Waals surface area contributed by atoms with Crippen molar-refractivity contribution in [2.75, 3.05) is 64.7 Å². The van der Waals surface area contributed by atoms with Crippen LogP contribution in [0.5, 0.6) is 0 Å². The number of halogens is 12. The van der Waals surface area contributed by atoms with Crippen molar-refractivity contribution >= 4 is 156 Å². The number of nitrogens with zero attached hydrogens (tertiary/aromatic N) is 6. The predicted molar refractivity (Wildman–Crippen MR) is 360 cm³/mol. The van der Waals surface area contributed by atoms with Crippen LogP contribution in [0.15, 0.2) is 127 Å². The van der Waals surface area contributed by atoms with E-state index in [4.69, 9.17) is 129 Å². The average molecular weight is 2020 g/mol. The first-order valence-corrected chi connectivity index (χ1v) is 50.6. The summed E-state index contributed by atoms with van der Waals surface area (Å²) in [6.07, 6.45) is 6.53. The zero-order valence-electron chi connectivity index (χ0n) is 46.4. The van der Waals surface area contributed by atoms with Gasteiger partial charge in [0, 0.05) is 47.6 Å². The fraction of sp³-hybridized carbons (Fsp3) is 0.364. The number of unbranched alkanes of at least 4 members (excludes halogenated alkanes) is 1. The Balaban J connectivity index is -0.000000219. The molecule has 0 radical (unpaired) electrons. The van der Waals surface area contributed by atoms with Crippen LogP contribution in [-0.2, 0) is 53.6 Å². The molecule has 0 bridgehead atoms. The number of pyridine rings is 2. The van der Waals surface area contributed by atoms with Crippen molar-refractivity contribution in [3.05, 3.63) is 176 Å². The monoisotopic (exact) mass is 2010 g/mol. The van der Waals surface area contributed by atoms with Gasteiger partial charge in [0.1, 0.15) is 0 Å². The van der Waals surface area contributed by atoms with E-state index in [9.17, 15) is 5.41 Å². The molecular weight excluding hydrogens is 1940 g/mol. The summed E-state index contributed by atoms with van der Waals surface area (Å²) in [5.41, 5.74) is 45.6. The Hall–Kier alpha value is -0.565. The molecule has 2 heterocycles. The number of amidine groups is 1. The van der Waals surface area contributed by atoms with Gasteiger partial charge in [0.25, 0.3) is 0 Å². The first-order valence-electron chi connectivity index (χ1n) is 24.4. The van der Waals surface area contributed by atoms with Gasteiger partial charge in [-0.25, -0.2) is 9.97 Å². The number of nitriles is 2. The molecule has 0 saturated carbocycles. The second kappa shape index (κ2) is 67.4. The molecule has 0 atom stereocenters. The van der Waals surface area contributed by atoms with Gasteiger partial charge in [-0.15, -0.1) is 0 Å². The number of aromatic nitrogens is 2. The smallest absolute Gasteiger partial charge is 0.0916 e. The molecule has 0 aliphatic rings. The molecule has 7 aromatic rings. The Labute approximate surface area is 572 Å². The van der Waals surface area contributed by atoms with Gasteiger partial charge in [-0.3, -0.25) is 0 Å². The largest absolute Gasteiger partial charge is 0.677 e. The van der Waals surface area contributed by atoms with Crippen molar-refractivity contribution in [2.24, 2.45) is 0 Å². The molecule has 0 saturated heterocycles. The van der Waals surface area contributed by atoms with Crippen molar-refractivity contribution in [3.63, 3.8) is 0 Å². The minimum atomic E-state index is -1.85. The number of hydrogen-bond acceptors (Lipinski definition) is 5. The summed E-state index contributed by atoms with van der Waals surface area (Å²) < 4.78 is 1.10. The standard InChI is InChI=1S/C19H20N3.C17H18N2.C6H5Cl2I.3C3H8N2.2C2H3N.9ClH.3Pt/c1-14(20)22(2)13-7-10-15-16-8-3-5-11-18(16)21-19-12-6-4-9-17(15)19;1-2-3-11-18-16-9-6-10-17-14(16)12-13-7-4-5-8-15(13)19-17;7-9(8)6-4-2-1-3-5-6;3*4-2-1-3-5;2*1-2-3;;;;;;;;;;;;/h3-6,8-9,11-12H,7,10,13H2,1-2H3;4-10,12,18H,2-3,11H2,1H3;1-5H;3*4-5H,1-3H2;2*1H3;9*1H;;;/q-1;;;3*-2;;;;;;;;;;;;+1;2*+3/p-9. The molecule has 2 aromatic heterocycles. The van der Waals surface area contributed by atoms with Crippen molar-refractivity contribution in [2.45, 2.75) is 72.6 Å². The molecule has 0 unspecified atom stereocenters. The molecule has 0 aliphatic carbocycles. The second-order valence-corrected chi connectivity index (χ2v) is 42.2. The summed E-state index contributed by atoms with van der Waals surface area (Å²) in [6, 6.07) is 46.7. The summed E-state index contributed by atoms with van der Waals surface area (Å²) in [5.74, 6) is 0.365. The number of benzene rings is 5. The molecule has 481 valence electrons. The van der Waals surface area contributed by atoms with Gasteiger partial charge in [-0.05, 0) is 68.1 Å². The van der Waals surface area contributed by atoms with Gasteiger partial charge in [0.05, 0.1) is 34.2 Å². The van der Waals surface area contributed by atoms with Gasteiger partial charge >= 0.3 is 182 Å². The van der Waals surface area contributed by atoms with E-state index in [1.165, 1.54) is 59.5 Å². The maximum Gasteiger partial charge on any atom is -0.0916 e. The van der Waals surface area contributed by atoms with Gasteiger partial charge in [0.15, 0.2) is 0 Å². The maximum atomic E-state index is 9.49. The molecule has 28 heteroatoms. The molecule has 5 aromatic carbocycles. The Morgan fingerprint density at radius 3 is 1.33 bits per heavy atom. The Morgan fingerprint density at radius 2 is 0.952 bits per heavy atom. The van der Waals surface area contributed by atoms with Gasteiger partial charge in [-0.2, -0.15) is 49.8 Å². The summed E-state index contributed by atoms with van der Waals surface area (Å²) in [4.78, 5) is 11.4. The third kappa shape index (κ3) is 52.0. The Kier molecular flexibility index (Phi) is 75.9. The van der Waals surface area contributed by atoms with Crippen LogP contribution >= 0.6 is 101 Å². The van der Waals surface area contributed by atoms with E-state index in [0.717, 1.165) is 70.8 Å². The number of fused-ring (bicyclic) bond motifs is 4. The van der Waals surface area contributed by atoms with Crippen molar-refractivity contribution in [3.8, 4) is 12.1 Å². The van der Waals surface area contributed by atoms with Crippen molar-refractivity contribution in [1.29, 1.82) is 10.5 Å². The number of hydrogen-bond donors (Lipinski definition) is 1. The van der Waals surface area contributed by atoms with E-state index >= 15 is 0 Å². The van der Waals surface area contributed by atoms with Crippen LogP contribution in [0.2, 0.25) is 0 Å². The van der Waals surface area contributed by atoms with E-state index < -0.39 is 45.9 Å². The zero-order chi connectivity index (χ0) is 62.2. The van der Waals surface area contributed by atoms with Gasteiger partial charge in [0.2, 0.25) is 0 Å². The summed E-state index contributed by atoms with van der Waals surface area (Å²) in [7, 11) is 47.8. The molecule has 0 fully saturated rings. The number of nitrogens with one attached hydrogen (secondary N) is 7. The van der Waals surface area contributed by atoms with Crippen LogP contribution in [0.4, 0.5) is 5.69 Å². The topological polar surface area (TPSA) is 254 Å². The van der Waals surface area contributed by atoms with Gasteiger partial charge < -0.3 is 74.8 Å². The van der Waals surface area contributed by atoms with E-state index in [1.54, 1.807) is 37.8 Å². The molecular formula is C55H73Cl11IN13Pt3-9. The van der Waals surface area contributed by atoms with E-state index in [-0.39, 0.29) is 24.8 Å². The van der Waals surface area contributed by atoms with Crippen LogP contribution in [0.25, 0.3) is 83.4 Å². The molecule has 0 spiro atoms. The maximum absolute atomic E-state index is 9.49. The van der Waals surface area contributed by atoms with E-state index in [2.05, 4.69) is 101 Å². The van der Waals surface area contributed by atoms with Crippen LogP contribution in [0.1, 0.15) is 71.8 Å². The molecule has 7 N–H and O–H groups in total. The Morgan fingerprint density at radius 1 is 0.590 bits per heavy atom. The summed E-state index contributed by atoms with van der Waals surface area (Å²) in [5, 5.41) is 32.5. The third-order valence-electron chi connectivity index (χ3n) is 9.54.